The minimum Gasteiger partial charge on any atom is -0.361 e. The van der Waals surface area contributed by atoms with E-state index in [0.29, 0.717) is 11.8 Å². The summed E-state index contributed by atoms with van der Waals surface area (Å²) in [5, 5.41) is 24.6. The zero-order valence-electron chi connectivity index (χ0n) is 15.7. The van der Waals surface area contributed by atoms with Gasteiger partial charge < -0.3 is 4.90 Å². The predicted octanol–water partition coefficient (Wildman–Crippen LogP) is 2.30. The van der Waals surface area contributed by atoms with E-state index in [1.165, 1.54) is 17.8 Å². The number of aromatic nitrogens is 6. The third-order valence-electron chi connectivity index (χ3n) is 5.45. The Hall–Kier alpha value is -2.13. The molecule has 3 aromatic rings. The molecule has 0 aromatic carbocycles. The second-order valence-corrected chi connectivity index (χ2v) is 8.87. The fourth-order valence-corrected chi connectivity index (χ4v) is 4.71. The van der Waals surface area contributed by atoms with Crippen molar-refractivity contribution < 1.29 is 0 Å². The Morgan fingerprint density at radius 2 is 1.81 bits per heavy atom. The molecule has 1 saturated carbocycles. The molecular weight excluding hydrogens is 360 g/mol. The normalized spacial score (nSPS) is 19.0. The Bertz CT molecular complexity index is 936. The van der Waals surface area contributed by atoms with E-state index in [0.717, 1.165) is 54.8 Å². The zero-order chi connectivity index (χ0) is 18.4. The number of fused-ring (bicyclic) bond motifs is 1. The van der Waals surface area contributed by atoms with Gasteiger partial charge in [0.25, 0.3) is 0 Å². The maximum atomic E-state index is 4.71. The van der Waals surface area contributed by atoms with Crippen LogP contribution in [0.1, 0.15) is 53.4 Å². The molecule has 142 valence electrons. The van der Waals surface area contributed by atoms with E-state index in [4.69, 9.17) is 5.10 Å². The van der Waals surface area contributed by atoms with Crippen molar-refractivity contribution in [2.24, 2.45) is 0 Å². The van der Waals surface area contributed by atoms with Crippen LogP contribution < -0.4 is 4.90 Å². The van der Waals surface area contributed by atoms with Gasteiger partial charge in [0.05, 0.1) is 6.54 Å². The quantitative estimate of drug-likeness (QED) is 0.668. The average Bonchev–Trinajstić information content (AvgIpc) is 3.28. The Labute approximate surface area is 162 Å². The van der Waals surface area contributed by atoms with Crippen molar-refractivity contribution in [1.29, 1.82) is 0 Å². The standard InChI is InChI=1S/C18H24N8S/c1-24(2)15-6-5-14-19-21-17(26(14)23-15)12-7-9-25(10-8-12)11-16-20-22-18(27-16)13-3-4-13/h5-6,12-13H,3-4,7-11H2,1-2H3. The first kappa shape index (κ1) is 17.0. The van der Waals surface area contributed by atoms with Crippen LogP contribution in [0.4, 0.5) is 5.82 Å². The Balaban J connectivity index is 1.25. The fourth-order valence-electron chi connectivity index (χ4n) is 3.66. The number of piperidine rings is 1. The van der Waals surface area contributed by atoms with E-state index < -0.39 is 0 Å². The lowest BCUT2D eigenvalue weighted by Crippen LogP contribution is -2.33. The molecule has 3 aromatic heterocycles. The molecule has 1 aliphatic carbocycles. The molecule has 0 spiro atoms. The number of likely N-dealkylation sites (tertiary alicyclic amines) is 1. The van der Waals surface area contributed by atoms with Gasteiger partial charge in [0.2, 0.25) is 0 Å². The number of anilines is 1. The molecule has 0 N–H and O–H groups in total. The van der Waals surface area contributed by atoms with Crippen molar-refractivity contribution in [1.82, 2.24) is 34.9 Å². The number of rotatable bonds is 5. The highest BCUT2D eigenvalue weighted by molar-refractivity contribution is 7.11. The Kier molecular flexibility index (Phi) is 4.28. The first-order valence-electron chi connectivity index (χ1n) is 9.61. The van der Waals surface area contributed by atoms with Crippen molar-refractivity contribution >= 4 is 22.8 Å². The van der Waals surface area contributed by atoms with E-state index in [-0.39, 0.29) is 0 Å². The highest BCUT2D eigenvalue weighted by Crippen LogP contribution is 2.41. The average molecular weight is 385 g/mol. The topological polar surface area (TPSA) is 75.3 Å². The summed E-state index contributed by atoms with van der Waals surface area (Å²) in [6.45, 7) is 3.01. The molecule has 0 unspecified atom stereocenters. The number of hydrogen-bond donors (Lipinski definition) is 0. The molecule has 2 fully saturated rings. The van der Waals surface area contributed by atoms with Crippen LogP contribution in [0.25, 0.3) is 5.65 Å². The van der Waals surface area contributed by atoms with E-state index in [2.05, 4.69) is 25.3 Å². The predicted molar refractivity (Wildman–Crippen MR) is 104 cm³/mol. The summed E-state index contributed by atoms with van der Waals surface area (Å²) in [5.74, 6) is 3.00. The van der Waals surface area contributed by atoms with Gasteiger partial charge in [0.1, 0.15) is 15.8 Å². The molecule has 5 rings (SSSR count). The van der Waals surface area contributed by atoms with Crippen LogP contribution in [-0.2, 0) is 6.54 Å². The van der Waals surface area contributed by atoms with Crippen LogP contribution in [0, 0.1) is 0 Å². The van der Waals surface area contributed by atoms with Crippen LogP contribution in [0.15, 0.2) is 12.1 Å². The molecule has 0 amide bonds. The highest BCUT2D eigenvalue weighted by Gasteiger charge is 2.29. The second-order valence-electron chi connectivity index (χ2n) is 7.77. The Morgan fingerprint density at radius 1 is 1.00 bits per heavy atom. The minimum absolute atomic E-state index is 0.401. The molecule has 0 atom stereocenters. The van der Waals surface area contributed by atoms with Crippen LogP contribution >= 0.6 is 11.3 Å². The second kappa shape index (κ2) is 6.79. The fraction of sp³-hybridized carbons (Fsp3) is 0.611. The third kappa shape index (κ3) is 3.41. The number of hydrogen-bond acceptors (Lipinski definition) is 8. The van der Waals surface area contributed by atoms with Crippen LogP contribution in [0.3, 0.4) is 0 Å². The Morgan fingerprint density at radius 3 is 2.56 bits per heavy atom. The molecule has 0 radical (unpaired) electrons. The monoisotopic (exact) mass is 384 g/mol. The van der Waals surface area contributed by atoms with Gasteiger partial charge in [-0.25, -0.2) is 0 Å². The van der Waals surface area contributed by atoms with E-state index in [9.17, 15) is 0 Å². The zero-order valence-corrected chi connectivity index (χ0v) is 16.6. The van der Waals surface area contributed by atoms with Crippen molar-refractivity contribution in [2.75, 3.05) is 32.1 Å². The van der Waals surface area contributed by atoms with Gasteiger partial charge in [-0.05, 0) is 50.9 Å². The first-order chi connectivity index (χ1) is 13.2. The van der Waals surface area contributed by atoms with Gasteiger partial charge in [0, 0.05) is 25.9 Å². The van der Waals surface area contributed by atoms with Gasteiger partial charge in [-0.2, -0.15) is 4.52 Å². The molecule has 8 nitrogen and oxygen atoms in total. The third-order valence-corrected chi connectivity index (χ3v) is 6.52. The molecule has 1 aliphatic heterocycles. The lowest BCUT2D eigenvalue weighted by atomic mass is 9.96. The van der Waals surface area contributed by atoms with Gasteiger partial charge in [0.15, 0.2) is 11.5 Å². The molecular formula is C18H24N8S. The molecule has 9 heteroatoms. The van der Waals surface area contributed by atoms with Gasteiger partial charge >= 0.3 is 0 Å². The van der Waals surface area contributed by atoms with Gasteiger partial charge in [-0.15, -0.1) is 25.5 Å². The van der Waals surface area contributed by atoms with Crippen molar-refractivity contribution in [3.8, 4) is 0 Å². The summed E-state index contributed by atoms with van der Waals surface area (Å²) in [5.41, 5.74) is 0.819. The lowest BCUT2D eigenvalue weighted by Gasteiger charge is -2.30. The van der Waals surface area contributed by atoms with Crippen LogP contribution in [0.5, 0.6) is 0 Å². The van der Waals surface area contributed by atoms with Gasteiger partial charge in [-0.3, -0.25) is 4.90 Å². The maximum Gasteiger partial charge on any atom is 0.178 e. The summed E-state index contributed by atoms with van der Waals surface area (Å²) in [4.78, 5) is 4.49. The van der Waals surface area contributed by atoms with E-state index >= 15 is 0 Å². The summed E-state index contributed by atoms with van der Waals surface area (Å²) >= 11 is 1.80. The summed E-state index contributed by atoms with van der Waals surface area (Å²) < 4.78 is 1.92. The van der Waals surface area contributed by atoms with Crippen LogP contribution in [0.2, 0.25) is 0 Å². The summed E-state index contributed by atoms with van der Waals surface area (Å²) in [6.07, 6.45) is 4.72. The van der Waals surface area contributed by atoms with Crippen molar-refractivity contribution in [3.05, 3.63) is 28.0 Å². The molecule has 0 bridgehead atoms. The number of nitrogens with zero attached hydrogens (tertiary/aromatic N) is 8. The van der Waals surface area contributed by atoms with Crippen molar-refractivity contribution in [3.63, 3.8) is 0 Å². The molecule has 4 heterocycles. The molecule has 1 saturated heterocycles. The summed E-state index contributed by atoms with van der Waals surface area (Å²) in [6, 6.07) is 3.97. The SMILES string of the molecule is CN(C)c1ccc2nnc(C3CCN(Cc4nnc(C5CC5)s4)CC3)n2n1. The summed E-state index contributed by atoms with van der Waals surface area (Å²) in [7, 11) is 4.00. The van der Waals surface area contributed by atoms with E-state index in [1.807, 2.05) is 35.6 Å². The smallest absolute Gasteiger partial charge is 0.178 e. The van der Waals surface area contributed by atoms with Crippen molar-refractivity contribution in [2.45, 2.75) is 44.1 Å². The highest BCUT2D eigenvalue weighted by atomic mass is 32.1. The van der Waals surface area contributed by atoms with Gasteiger partial charge in [-0.1, -0.05) is 11.3 Å². The first-order valence-corrected chi connectivity index (χ1v) is 10.4. The molecule has 27 heavy (non-hydrogen) atoms. The minimum atomic E-state index is 0.401. The van der Waals surface area contributed by atoms with Crippen LogP contribution in [-0.4, -0.2) is 62.1 Å². The lowest BCUT2D eigenvalue weighted by molar-refractivity contribution is 0.200. The largest absolute Gasteiger partial charge is 0.361 e. The maximum absolute atomic E-state index is 4.71. The molecule has 2 aliphatic rings. The van der Waals surface area contributed by atoms with E-state index in [1.54, 1.807) is 11.3 Å².